The Balaban J connectivity index is 1.03. The van der Waals surface area contributed by atoms with Crippen LogP contribution in [0.2, 0.25) is 0 Å². The van der Waals surface area contributed by atoms with Gasteiger partial charge in [0, 0.05) is 33.6 Å². The Bertz CT molecular complexity index is 3460. The molecular formula is C56H36N2O2. The number of rotatable bonds is 6. The van der Waals surface area contributed by atoms with Crippen LogP contribution < -0.4 is 19.3 Å². The van der Waals surface area contributed by atoms with Crippen molar-refractivity contribution in [3.8, 4) is 23.0 Å². The molecule has 0 fully saturated rings. The highest BCUT2D eigenvalue weighted by Crippen LogP contribution is 2.52. The van der Waals surface area contributed by atoms with E-state index < -0.39 is 0 Å². The molecule has 0 unspecified atom stereocenters. The fourth-order valence-corrected chi connectivity index (χ4v) is 9.16. The molecule has 0 bridgehead atoms. The van der Waals surface area contributed by atoms with Gasteiger partial charge in [0.15, 0.2) is 11.5 Å². The molecule has 0 saturated heterocycles. The van der Waals surface area contributed by atoms with E-state index >= 15 is 0 Å². The predicted molar refractivity (Wildman–Crippen MR) is 250 cm³/mol. The van der Waals surface area contributed by atoms with E-state index in [1.54, 1.807) is 0 Å². The minimum Gasteiger partial charge on any atom is -0.453 e. The summed E-state index contributed by atoms with van der Waals surface area (Å²) in [6, 6.07) is 77.2. The molecule has 0 aliphatic carbocycles. The Hall–Kier alpha value is -8.08. The van der Waals surface area contributed by atoms with Gasteiger partial charge in [-0.15, -0.1) is 0 Å². The van der Waals surface area contributed by atoms with Gasteiger partial charge >= 0.3 is 0 Å². The topological polar surface area (TPSA) is 24.9 Å². The first-order chi connectivity index (χ1) is 29.8. The van der Waals surface area contributed by atoms with Crippen molar-refractivity contribution in [2.24, 2.45) is 0 Å². The van der Waals surface area contributed by atoms with E-state index in [2.05, 4.69) is 216 Å². The van der Waals surface area contributed by atoms with Crippen molar-refractivity contribution in [3.05, 3.63) is 218 Å². The Morgan fingerprint density at radius 1 is 0.250 bits per heavy atom. The van der Waals surface area contributed by atoms with Crippen molar-refractivity contribution in [3.63, 3.8) is 0 Å². The highest BCUT2D eigenvalue weighted by molar-refractivity contribution is 6.17. The maximum absolute atomic E-state index is 7.00. The maximum Gasteiger partial charge on any atom is 0.172 e. The van der Waals surface area contributed by atoms with Crippen molar-refractivity contribution in [2.75, 3.05) is 9.80 Å². The number of hydrogen-bond acceptors (Lipinski definition) is 4. The summed E-state index contributed by atoms with van der Waals surface area (Å²) in [5.74, 6) is 2.77. The highest BCUT2D eigenvalue weighted by atomic mass is 16.5. The zero-order valence-electron chi connectivity index (χ0n) is 32.5. The lowest BCUT2D eigenvalue weighted by molar-refractivity contribution is 0.439. The van der Waals surface area contributed by atoms with Gasteiger partial charge in [0.05, 0.1) is 28.1 Å². The normalized spacial score (nSPS) is 11.9. The molecule has 0 amide bonds. The fourth-order valence-electron chi connectivity index (χ4n) is 9.16. The molecule has 0 radical (unpaired) electrons. The van der Waals surface area contributed by atoms with Gasteiger partial charge in [-0.2, -0.15) is 0 Å². The fraction of sp³-hybridized carbons (Fsp3) is 0. The number of fused-ring (bicyclic) bond motifs is 7. The van der Waals surface area contributed by atoms with Crippen LogP contribution in [-0.2, 0) is 0 Å². The van der Waals surface area contributed by atoms with Crippen LogP contribution in [0.5, 0.6) is 23.0 Å². The smallest absolute Gasteiger partial charge is 0.172 e. The molecule has 0 atom stereocenters. The van der Waals surface area contributed by atoms with Crippen molar-refractivity contribution < 1.29 is 9.47 Å². The summed E-state index contributed by atoms with van der Waals surface area (Å²) in [5.41, 5.74) is 6.28. The first kappa shape index (κ1) is 34.0. The number of ether oxygens (including phenoxy) is 2. The Morgan fingerprint density at radius 3 is 1.35 bits per heavy atom. The summed E-state index contributed by atoms with van der Waals surface area (Å²) in [6.45, 7) is 0. The predicted octanol–water partition coefficient (Wildman–Crippen LogP) is 16.3. The van der Waals surface area contributed by atoms with Gasteiger partial charge in [-0.05, 0) is 99.0 Å². The zero-order chi connectivity index (χ0) is 39.6. The van der Waals surface area contributed by atoms with Crippen LogP contribution in [0.15, 0.2) is 218 Å². The molecule has 4 nitrogen and oxygen atoms in total. The first-order valence-electron chi connectivity index (χ1n) is 20.3. The maximum atomic E-state index is 7.00. The second kappa shape index (κ2) is 13.8. The van der Waals surface area contributed by atoms with E-state index in [1.165, 1.54) is 43.1 Å². The van der Waals surface area contributed by atoms with Crippen LogP contribution >= 0.6 is 0 Å². The summed E-state index contributed by atoms with van der Waals surface area (Å²) in [6.07, 6.45) is 0. The third kappa shape index (κ3) is 5.46. The van der Waals surface area contributed by atoms with Gasteiger partial charge in [0.2, 0.25) is 0 Å². The van der Waals surface area contributed by atoms with Crippen LogP contribution in [0.25, 0.3) is 53.9 Å². The van der Waals surface area contributed by atoms with Gasteiger partial charge in [-0.3, -0.25) is 0 Å². The third-order valence-corrected chi connectivity index (χ3v) is 11.8. The monoisotopic (exact) mass is 768 g/mol. The molecule has 0 saturated carbocycles. The number of para-hydroxylation sites is 2. The van der Waals surface area contributed by atoms with Crippen molar-refractivity contribution >= 4 is 88.0 Å². The lowest BCUT2D eigenvalue weighted by atomic mass is 9.98. The Morgan fingerprint density at radius 2 is 0.717 bits per heavy atom. The molecule has 60 heavy (non-hydrogen) atoms. The third-order valence-electron chi connectivity index (χ3n) is 11.8. The number of hydrogen-bond donors (Lipinski definition) is 0. The number of anilines is 6. The second-order valence-electron chi connectivity index (χ2n) is 15.3. The van der Waals surface area contributed by atoms with E-state index in [0.717, 1.165) is 56.4 Å². The average Bonchev–Trinajstić information content (AvgIpc) is 3.47. The molecule has 1 heterocycles. The molecule has 282 valence electrons. The van der Waals surface area contributed by atoms with Crippen LogP contribution in [0, 0.1) is 0 Å². The quantitative estimate of drug-likeness (QED) is 0.157. The largest absolute Gasteiger partial charge is 0.453 e. The van der Waals surface area contributed by atoms with E-state index in [4.69, 9.17) is 9.47 Å². The highest BCUT2D eigenvalue weighted by Gasteiger charge is 2.26. The minimum atomic E-state index is 0.643. The van der Waals surface area contributed by atoms with Gasteiger partial charge in [-0.25, -0.2) is 0 Å². The lowest BCUT2D eigenvalue weighted by Crippen LogP contribution is -2.11. The first-order valence-corrected chi connectivity index (χ1v) is 20.3. The van der Waals surface area contributed by atoms with Crippen molar-refractivity contribution in [1.29, 1.82) is 0 Å². The zero-order valence-corrected chi connectivity index (χ0v) is 32.5. The standard InChI is InChI=1S/C56H36N2O2/c1-3-18-39(19-4-1)57(50-34-37-16-7-9-22-42(37)44-24-11-13-26-46(44)50)41-30-32-52-55(36-41)60-54-33-31-49(48-28-15-29-53(59-52)56(48)54)58(40-20-5-2-6-21-40)51-35-38-17-8-10-23-43(38)45-25-12-14-27-47(45)51/h1-36H. The lowest BCUT2D eigenvalue weighted by Gasteiger charge is -2.29. The van der Waals surface area contributed by atoms with E-state index in [-0.39, 0.29) is 0 Å². The van der Waals surface area contributed by atoms with Crippen LogP contribution in [0.1, 0.15) is 0 Å². The summed E-state index contributed by atoms with van der Waals surface area (Å²) in [7, 11) is 0. The number of nitrogens with zero attached hydrogens (tertiary/aromatic N) is 2. The van der Waals surface area contributed by atoms with E-state index in [0.29, 0.717) is 11.5 Å². The van der Waals surface area contributed by atoms with Crippen molar-refractivity contribution in [1.82, 2.24) is 0 Å². The Kier molecular flexibility index (Phi) is 7.82. The number of benzene rings is 11. The molecule has 11 aromatic rings. The van der Waals surface area contributed by atoms with Gasteiger partial charge in [0.1, 0.15) is 11.5 Å². The molecule has 1 aliphatic rings. The molecule has 0 N–H and O–H groups in total. The Labute approximate surface area is 347 Å². The van der Waals surface area contributed by atoms with Gasteiger partial charge in [-0.1, -0.05) is 146 Å². The van der Waals surface area contributed by atoms with Gasteiger partial charge in [0.25, 0.3) is 0 Å². The molecule has 4 heteroatoms. The second-order valence-corrected chi connectivity index (χ2v) is 15.3. The molecule has 12 rings (SSSR count). The van der Waals surface area contributed by atoms with E-state index in [9.17, 15) is 0 Å². The SMILES string of the molecule is c1ccc(N(c2ccc3c(c2)Oc2ccc(N(c4ccccc4)c4cc5ccccc5c5ccccc45)c4cccc(c24)O3)c2cc3ccccc3c3ccccc23)cc1. The van der Waals surface area contributed by atoms with Crippen LogP contribution in [-0.4, -0.2) is 0 Å². The molecule has 0 spiro atoms. The summed E-state index contributed by atoms with van der Waals surface area (Å²) in [4.78, 5) is 4.69. The summed E-state index contributed by atoms with van der Waals surface area (Å²) in [5, 5.41) is 11.5. The molecular weight excluding hydrogens is 733 g/mol. The summed E-state index contributed by atoms with van der Waals surface area (Å²) < 4.78 is 13.9. The van der Waals surface area contributed by atoms with E-state index in [1.807, 2.05) is 12.1 Å². The molecule has 0 aromatic heterocycles. The molecule has 1 aliphatic heterocycles. The van der Waals surface area contributed by atoms with Crippen molar-refractivity contribution in [2.45, 2.75) is 0 Å². The van der Waals surface area contributed by atoms with Crippen LogP contribution in [0.3, 0.4) is 0 Å². The average molecular weight is 769 g/mol. The summed E-state index contributed by atoms with van der Waals surface area (Å²) >= 11 is 0. The van der Waals surface area contributed by atoms with Gasteiger partial charge < -0.3 is 19.3 Å². The minimum absolute atomic E-state index is 0.643. The molecule has 11 aromatic carbocycles. The van der Waals surface area contributed by atoms with Crippen LogP contribution in [0.4, 0.5) is 34.1 Å².